The van der Waals surface area contributed by atoms with Gasteiger partial charge in [-0.15, -0.1) is 0 Å². The number of rotatable bonds is 4. The predicted octanol–water partition coefficient (Wildman–Crippen LogP) is 3.17. The molecule has 0 fully saturated rings. The number of nitrogens with two attached hydrogens (primary N) is 1. The van der Waals surface area contributed by atoms with Crippen LogP contribution < -0.4 is 10.5 Å². The summed E-state index contributed by atoms with van der Waals surface area (Å²) in [5, 5.41) is 1.06. The summed E-state index contributed by atoms with van der Waals surface area (Å²) in [4.78, 5) is 4.36. The Kier molecular flexibility index (Phi) is 3.39. The van der Waals surface area contributed by atoms with Gasteiger partial charge in [0.05, 0.1) is 6.54 Å². The number of furan rings is 1. The maximum absolute atomic E-state index is 5.82. The molecule has 0 aliphatic rings. The van der Waals surface area contributed by atoms with Crippen molar-refractivity contribution in [3.05, 3.63) is 59.7 Å². The van der Waals surface area contributed by atoms with Crippen LogP contribution in [0.2, 0.25) is 0 Å². The minimum absolute atomic E-state index is 0.372. The van der Waals surface area contributed by atoms with E-state index in [9.17, 15) is 0 Å². The first-order valence-electron chi connectivity index (χ1n) is 6.52. The first kappa shape index (κ1) is 12.7. The number of pyridine rings is 1. The number of fused-ring (bicyclic) bond motifs is 1. The van der Waals surface area contributed by atoms with Gasteiger partial charge in [0.2, 0.25) is 0 Å². The standard InChI is InChI=1S/C16H16N2O2/c1-11-8-13(20-15(11)9-17)10-19-14-6-2-4-12-5-3-7-18-16(12)14/h2-8H,9-10,17H2,1H3. The zero-order chi connectivity index (χ0) is 13.9. The van der Waals surface area contributed by atoms with E-state index < -0.39 is 0 Å². The number of aromatic nitrogens is 1. The van der Waals surface area contributed by atoms with Crippen molar-refractivity contribution in [1.29, 1.82) is 0 Å². The maximum Gasteiger partial charge on any atom is 0.146 e. The first-order chi connectivity index (χ1) is 9.78. The molecule has 0 spiro atoms. The Morgan fingerprint density at radius 2 is 2.10 bits per heavy atom. The largest absolute Gasteiger partial charge is 0.483 e. The fourth-order valence-electron chi connectivity index (χ4n) is 2.21. The highest BCUT2D eigenvalue weighted by Crippen LogP contribution is 2.24. The Balaban J connectivity index is 1.83. The van der Waals surface area contributed by atoms with Gasteiger partial charge in [-0.1, -0.05) is 18.2 Å². The second-order valence-corrected chi connectivity index (χ2v) is 4.64. The van der Waals surface area contributed by atoms with Crippen molar-refractivity contribution in [2.24, 2.45) is 5.73 Å². The molecule has 0 saturated heterocycles. The summed E-state index contributed by atoms with van der Waals surface area (Å²) >= 11 is 0. The third-order valence-corrected chi connectivity index (χ3v) is 3.22. The summed E-state index contributed by atoms with van der Waals surface area (Å²) in [7, 11) is 0. The highest BCUT2D eigenvalue weighted by Gasteiger charge is 2.08. The third kappa shape index (κ3) is 2.38. The van der Waals surface area contributed by atoms with Crippen molar-refractivity contribution in [1.82, 2.24) is 4.98 Å². The number of para-hydroxylation sites is 1. The van der Waals surface area contributed by atoms with Gasteiger partial charge in [-0.3, -0.25) is 4.98 Å². The lowest BCUT2D eigenvalue weighted by atomic mass is 10.2. The lowest BCUT2D eigenvalue weighted by Crippen LogP contribution is -1.96. The second-order valence-electron chi connectivity index (χ2n) is 4.64. The zero-order valence-electron chi connectivity index (χ0n) is 11.3. The number of ether oxygens (including phenoxy) is 1. The van der Waals surface area contributed by atoms with Gasteiger partial charge in [-0.05, 0) is 30.7 Å². The summed E-state index contributed by atoms with van der Waals surface area (Å²) in [6.45, 7) is 2.76. The van der Waals surface area contributed by atoms with Gasteiger partial charge in [-0.2, -0.15) is 0 Å². The van der Waals surface area contributed by atoms with Crippen LogP contribution in [-0.2, 0) is 13.2 Å². The minimum atomic E-state index is 0.372. The van der Waals surface area contributed by atoms with Crippen LogP contribution in [0, 0.1) is 6.92 Å². The zero-order valence-corrected chi connectivity index (χ0v) is 11.3. The van der Waals surface area contributed by atoms with Crippen molar-refractivity contribution in [3.8, 4) is 5.75 Å². The number of hydrogen-bond donors (Lipinski definition) is 1. The molecule has 0 radical (unpaired) electrons. The molecule has 20 heavy (non-hydrogen) atoms. The van der Waals surface area contributed by atoms with Crippen LogP contribution in [0.5, 0.6) is 5.75 Å². The normalized spacial score (nSPS) is 10.9. The molecule has 4 nitrogen and oxygen atoms in total. The monoisotopic (exact) mass is 268 g/mol. The minimum Gasteiger partial charge on any atom is -0.483 e. The molecule has 0 amide bonds. The lowest BCUT2D eigenvalue weighted by molar-refractivity contribution is 0.268. The van der Waals surface area contributed by atoms with E-state index >= 15 is 0 Å². The van der Waals surface area contributed by atoms with E-state index in [4.69, 9.17) is 14.9 Å². The summed E-state index contributed by atoms with van der Waals surface area (Å²) in [5.74, 6) is 2.34. The molecule has 0 aliphatic heterocycles. The van der Waals surface area contributed by atoms with Crippen molar-refractivity contribution >= 4 is 10.9 Å². The summed E-state index contributed by atoms with van der Waals surface area (Å²) in [6.07, 6.45) is 1.76. The van der Waals surface area contributed by atoms with Crippen molar-refractivity contribution in [3.63, 3.8) is 0 Å². The Hall–Kier alpha value is -2.33. The molecule has 2 heterocycles. The van der Waals surface area contributed by atoms with E-state index in [1.807, 2.05) is 43.3 Å². The third-order valence-electron chi connectivity index (χ3n) is 3.22. The van der Waals surface area contributed by atoms with Crippen LogP contribution in [0.15, 0.2) is 47.0 Å². The molecule has 0 unspecified atom stereocenters. The molecular weight excluding hydrogens is 252 g/mol. The summed E-state index contributed by atoms with van der Waals surface area (Å²) in [6, 6.07) is 11.8. The van der Waals surface area contributed by atoms with Crippen LogP contribution in [0.3, 0.4) is 0 Å². The number of nitrogens with zero attached hydrogens (tertiary/aromatic N) is 1. The molecule has 2 aromatic heterocycles. The van der Waals surface area contributed by atoms with Crippen LogP contribution in [0.1, 0.15) is 17.1 Å². The molecule has 0 aliphatic carbocycles. The Morgan fingerprint density at radius 1 is 1.25 bits per heavy atom. The smallest absolute Gasteiger partial charge is 0.146 e. The summed E-state index contributed by atoms with van der Waals surface area (Å²) < 4.78 is 11.4. The summed E-state index contributed by atoms with van der Waals surface area (Å²) in [5.41, 5.74) is 7.52. The molecule has 1 aromatic carbocycles. The van der Waals surface area contributed by atoms with E-state index in [0.717, 1.165) is 33.7 Å². The number of aryl methyl sites for hydroxylation is 1. The highest BCUT2D eigenvalue weighted by atomic mass is 16.5. The molecule has 0 atom stereocenters. The van der Waals surface area contributed by atoms with E-state index in [2.05, 4.69) is 4.98 Å². The van der Waals surface area contributed by atoms with E-state index in [1.54, 1.807) is 6.20 Å². The van der Waals surface area contributed by atoms with Crippen molar-refractivity contribution < 1.29 is 9.15 Å². The van der Waals surface area contributed by atoms with Crippen LogP contribution in [0.25, 0.3) is 10.9 Å². The average Bonchev–Trinajstić information content (AvgIpc) is 2.85. The number of benzene rings is 1. The molecular formula is C16H16N2O2. The SMILES string of the molecule is Cc1cc(COc2cccc3cccnc23)oc1CN. The van der Waals surface area contributed by atoms with Gasteiger partial charge in [0.1, 0.15) is 29.4 Å². The van der Waals surface area contributed by atoms with Crippen molar-refractivity contribution in [2.45, 2.75) is 20.1 Å². The Morgan fingerprint density at radius 3 is 2.90 bits per heavy atom. The number of hydrogen-bond acceptors (Lipinski definition) is 4. The van der Waals surface area contributed by atoms with Gasteiger partial charge in [0.25, 0.3) is 0 Å². The molecule has 0 bridgehead atoms. The Labute approximate surface area is 117 Å². The highest BCUT2D eigenvalue weighted by molar-refractivity contribution is 5.84. The van der Waals surface area contributed by atoms with Gasteiger partial charge >= 0.3 is 0 Å². The molecule has 3 aromatic rings. The van der Waals surface area contributed by atoms with Crippen molar-refractivity contribution in [2.75, 3.05) is 0 Å². The molecule has 3 rings (SSSR count). The fourth-order valence-corrected chi connectivity index (χ4v) is 2.21. The van der Waals surface area contributed by atoms with Gasteiger partial charge in [-0.25, -0.2) is 0 Å². The lowest BCUT2D eigenvalue weighted by Gasteiger charge is -2.06. The molecule has 4 heteroatoms. The van der Waals surface area contributed by atoms with Gasteiger partial charge in [0, 0.05) is 11.6 Å². The molecule has 2 N–H and O–H groups in total. The van der Waals surface area contributed by atoms with E-state index in [1.165, 1.54) is 0 Å². The quantitative estimate of drug-likeness (QED) is 0.789. The van der Waals surface area contributed by atoms with Crippen LogP contribution >= 0.6 is 0 Å². The van der Waals surface area contributed by atoms with E-state index in [0.29, 0.717) is 13.2 Å². The van der Waals surface area contributed by atoms with Crippen LogP contribution in [0.4, 0.5) is 0 Å². The molecule has 102 valence electrons. The maximum atomic E-state index is 5.82. The van der Waals surface area contributed by atoms with E-state index in [-0.39, 0.29) is 0 Å². The average molecular weight is 268 g/mol. The molecule has 0 saturated carbocycles. The predicted molar refractivity (Wildman–Crippen MR) is 77.4 cm³/mol. The second kappa shape index (κ2) is 5.35. The van der Waals surface area contributed by atoms with Gasteiger partial charge < -0.3 is 14.9 Å². The van der Waals surface area contributed by atoms with Crippen LogP contribution in [-0.4, -0.2) is 4.98 Å². The van der Waals surface area contributed by atoms with Gasteiger partial charge in [0.15, 0.2) is 0 Å². The first-order valence-corrected chi connectivity index (χ1v) is 6.52. The topological polar surface area (TPSA) is 61.3 Å². The Bertz CT molecular complexity index is 729. The fraction of sp³-hybridized carbons (Fsp3) is 0.188.